The van der Waals surface area contributed by atoms with Crippen molar-refractivity contribution in [3.8, 4) is 0 Å². The molecular formula is C15H20O2. The minimum Gasteiger partial charge on any atom is -0.462 e. The van der Waals surface area contributed by atoms with Gasteiger partial charge in [-0.3, -0.25) is 0 Å². The predicted octanol–water partition coefficient (Wildman–Crippen LogP) is 3.78. The van der Waals surface area contributed by atoms with E-state index in [4.69, 9.17) is 4.74 Å². The first kappa shape index (κ1) is 13.5. The monoisotopic (exact) mass is 232 g/mol. The van der Waals surface area contributed by atoms with Crippen molar-refractivity contribution >= 4 is 11.5 Å². The maximum Gasteiger partial charge on any atom is 0.338 e. The lowest BCUT2D eigenvalue weighted by Crippen LogP contribution is -2.09. The number of benzene rings is 1. The zero-order chi connectivity index (χ0) is 12.8. The summed E-state index contributed by atoms with van der Waals surface area (Å²) in [6, 6.07) is 7.84. The number of carbonyl (C=O) groups is 1. The lowest BCUT2D eigenvalue weighted by atomic mass is 9.93. The van der Waals surface area contributed by atoms with Crippen molar-refractivity contribution in [2.45, 2.75) is 33.1 Å². The maximum absolute atomic E-state index is 11.8. The van der Waals surface area contributed by atoms with Crippen molar-refractivity contribution in [1.29, 1.82) is 0 Å². The number of ether oxygens (including phenoxy) is 1. The second-order valence-electron chi connectivity index (χ2n) is 4.36. The van der Waals surface area contributed by atoms with Gasteiger partial charge in [0.05, 0.1) is 12.2 Å². The van der Waals surface area contributed by atoms with Crippen molar-refractivity contribution in [3.63, 3.8) is 0 Å². The Kier molecular flexibility index (Phi) is 4.95. The molecule has 0 aromatic heterocycles. The molecule has 2 nitrogen and oxygen atoms in total. The number of hydrogen-bond donors (Lipinski definition) is 0. The minimum atomic E-state index is -0.319. The van der Waals surface area contributed by atoms with Gasteiger partial charge in [-0.15, -0.1) is 0 Å². The fraction of sp³-hybridized carbons (Fsp3) is 0.400. The Morgan fingerprint density at radius 1 is 1.35 bits per heavy atom. The van der Waals surface area contributed by atoms with Crippen LogP contribution in [0.15, 0.2) is 30.8 Å². The molecule has 92 valence electrons. The third-order valence-electron chi connectivity index (χ3n) is 2.59. The van der Waals surface area contributed by atoms with Gasteiger partial charge < -0.3 is 4.74 Å². The van der Waals surface area contributed by atoms with Crippen LogP contribution in [0.4, 0.5) is 0 Å². The highest BCUT2D eigenvalue weighted by atomic mass is 16.5. The first-order valence-electron chi connectivity index (χ1n) is 6.03. The first-order chi connectivity index (χ1) is 8.07. The third-order valence-corrected chi connectivity index (χ3v) is 2.59. The van der Waals surface area contributed by atoms with Gasteiger partial charge >= 0.3 is 5.97 Å². The zero-order valence-electron chi connectivity index (χ0n) is 10.8. The van der Waals surface area contributed by atoms with Crippen LogP contribution in [0, 0.1) is 0 Å². The summed E-state index contributed by atoms with van der Waals surface area (Å²) in [5, 5.41) is 0. The SMILES string of the molecule is C=C(C(=O)OCCC)c1ccccc1C(C)C. The van der Waals surface area contributed by atoms with Crippen LogP contribution < -0.4 is 0 Å². The second kappa shape index (κ2) is 6.24. The highest BCUT2D eigenvalue weighted by Gasteiger charge is 2.15. The molecule has 0 aliphatic rings. The summed E-state index contributed by atoms with van der Waals surface area (Å²) in [5.41, 5.74) is 2.47. The smallest absolute Gasteiger partial charge is 0.338 e. The van der Waals surface area contributed by atoms with Gasteiger partial charge in [0.1, 0.15) is 0 Å². The van der Waals surface area contributed by atoms with E-state index >= 15 is 0 Å². The molecule has 0 unspecified atom stereocenters. The molecule has 0 spiro atoms. The van der Waals surface area contributed by atoms with Gasteiger partial charge in [-0.25, -0.2) is 4.79 Å². The Balaban J connectivity index is 2.92. The number of carbonyl (C=O) groups excluding carboxylic acids is 1. The highest BCUT2D eigenvalue weighted by Crippen LogP contribution is 2.25. The number of esters is 1. The van der Waals surface area contributed by atoms with Gasteiger partial charge in [0.15, 0.2) is 0 Å². The van der Waals surface area contributed by atoms with Crippen LogP contribution >= 0.6 is 0 Å². The van der Waals surface area contributed by atoms with E-state index in [9.17, 15) is 4.79 Å². The van der Waals surface area contributed by atoms with Gasteiger partial charge in [-0.1, -0.05) is 51.6 Å². The first-order valence-corrected chi connectivity index (χ1v) is 6.03. The molecule has 0 saturated carbocycles. The molecule has 0 radical (unpaired) electrons. The fourth-order valence-corrected chi connectivity index (χ4v) is 1.67. The molecule has 0 aliphatic carbocycles. The predicted molar refractivity (Wildman–Crippen MR) is 70.8 cm³/mol. The maximum atomic E-state index is 11.8. The van der Waals surface area contributed by atoms with Gasteiger partial charge in [0.2, 0.25) is 0 Å². The van der Waals surface area contributed by atoms with Gasteiger partial charge in [0.25, 0.3) is 0 Å². The Hall–Kier alpha value is -1.57. The van der Waals surface area contributed by atoms with Crippen LogP contribution in [0.3, 0.4) is 0 Å². The largest absolute Gasteiger partial charge is 0.462 e. The molecule has 0 heterocycles. The molecule has 0 amide bonds. The molecule has 1 rings (SSSR count). The second-order valence-corrected chi connectivity index (χ2v) is 4.36. The summed E-state index contributed by atoms with van der Waals surface area (Å²) in [5.74, 6) is 0.0434. The summed E-state index contributed by atoms with van der Waals surface area (Å²) in [7, 11) is 0. The number of rotatable bonds is 5. The van der Waals surface area contributed by atoms with E-state index in [2.05, 4.69) is 20.4 Å². The van der Waals surface area contributed by atoms with Crippen LogP contribution in [0.2, 0.25) is 0 Å². The summed E-state index contributed by atoms with van der Waals surface area (Å²) in [4.78, 5) is 11.8. The molecule has 1 aromatic rings. The zero-order valence-corrected chi connectivity index (χ0v) is 10.8. The normalized spacial score (nSPS) is 10.4. The highest BCUT2D eigenvalue weighted by molar-refractivity contribution is 6.16. The summed E-state index contributed by atoms with van der Waals surface area (Å²) in [6.45, 7) is 10.5. The Bertz CT molecular complexity index is 405. The van der Waals surface area contributed by atoms with E-state index in [0.717, 1.165) is 17.5 Å². The molecule has 1 aromatic carbocycles. The van der Waals surface area contributed by atoms with Crippen molar-refractivity contribution in [2.75, 3.05) is 6.61 Å². The Morgan fingerprint density at radius 3 is 2.59 bits per heavy atom. The van der Waals surface area contributed by atoms with Crippen molar-refractivity contribution in [2.24, 2.45) is 0 Å². The molecule has 2 heteroatoms. The summed E-state index contributed by atoms with van der Waals surface area (Å²) < 4.78 is 5.10. The molecule has 0 aliphatic heterocycles. The standard InChI is InChI=1S/C15H20O2/c1-5-10-17-15(16)12(4)14-9-7-6-8-13(14)11(2)3/h6-9,11H,4-5,10H2,1-3H3. The lowest BCUT2D eigenvalue weighted by molar-refractivity contribution is -0.136. The quantitative estimate of drug-likeness (QED) is 0.570. The van der Waals surface area contributed by atoms with E-state index in [-0.39, 0.29) is 5.97 Å². The van der Waals surface area contributed by atoms with Crippen LogP contribution in [0.25, 0.3) is 5.57 Å². The van der Waals surface area contributed by atoms with E-state index in [1.807, 2.05) is 31.2 Å². The molecule has 0 atom stereocenters. The molecule has 0 saturated heterocycles. The van der Waals surface area contributed by atoms with Crippen molar-refractivity contribution in [1.82, 2.24) is 0 Å². The van der Waals surface area contributed by atoms with Gasteiger partial charge in [0, 0.05) is 0 Å². The Morgan fingerprint density at radius 2 is 2.00 bits per heavy atom. The van der Waals surface area contributed by atoms with Gasteiger partial charge in [-0.05, 0) is 23.5 Å². The van der Waals surface area contributed by atoms with Crippen LogP contribution in [0.5, 0.6) is 0 Å². The third kappa shape index (κ3) is 3.45. The van der Waals surface area contributed by atoms with Crippen molar-refractivity contribution in [3.05, 3.63) is 42.0 Å². The Labute approximate surface area is 103 Å². The van der Waals surface area contributed by atoms with Gasteiger partial charge in [-0.2, -0.15) is 0 Å². The van der Waals surface area contributed by atoms with Crippen molar-refractivity contribution < 1.29 is 9.53 Å². The molecular weight excluding hydrogens is 212 g/mol. The van der Waals surface area contributed by atoms with Crippen LogP contribution in [-0.4, -0.2) is 12.6 Å². The lowest BCUT2D eigenvalue weighted by Gasteiger charge is -2.13. The van der Waals surface area contributed by atoms with E-state index < -0.39 is 0 Å². The van der Waals surface area contributed by atoms with E-state index in [0.29, 0.717) is 18.1 Å². The summed E-state index contributed by atoms with van der Waals surface area (Å²) >= 11 is 0. The fourth-order valence-electron chi connectivity index (χ4n) is 1.67. The average molecular weight is 232 g/mol. The average Bonchev–Trinajstić information content (AvgIpc) is 2.34. The molecule has 0 N–H and O–H groups in total. The molecule has 0 fully saturated rings. The number of hydrogen-bond acceptors (Lipinski definition) is 2. The molecule has 0 bridgehead atoms. The van der Waals surface area contributed by atoms with Crippen LogP contribution in [-0.2, 0) is 9.53 Å². The van der Waals surface area contributed by atoms with Crippen LogP contribution in [0.1, 0.15) is 44.2 Å². The topological polar surface area (TPSA) is 26.3 Å². The minimum absolute atomic E-state index is 0.319. The summed E-state index contributed by atoms with van der Waals surface area (Å²) in [6.07, 6.45) is 0.824. The molecule has 17 heavy (non-hydrogen) atoms. The van der Waals surface area contributed by atoms with E-state index in [1.54, 1.807) is 0 Å². The van der Waals surface area contributed by atoms with E-state index in [1.165, 1.54) is 0 Å².